The SMILES string of the molecule is Cn1nnnc1SCC(=O)NC(=O)NCc1ccco1. The molecule has 2 aromatic rings. The molecule has 2 N–H and O–H groups in total. The lowest BCUT2D eigenvalue weighted by atomic mass is 10.4. The van der Waals surface area contributed by atoms with E-state index in [0.717, 1.165) is 11.8 Å². The van der Waals surface area contributed by atoms with Gasteiger partial charge in [-0.25, -0.2) is 9.48 Å². The molecule has 0 atom stereocenters. The van der Waals surface area contributed by atoms with Crippen molar-refractivity contribution in [1.82, 2.24) is 30.8 Å². The number of amides is 3. The average molecular weight is 296 g/mol. The van der Waals surface area contributed by atoms with E-state index < -0.39 is 11.9 Å². The number of aromatic nitrogens is 4. The van der Waals surface area contributed by atoms with Crippen molar-refractivity contribution in [1.29, 1.82) is 0 Å². The summed E-state index contributed by atoms with van der Waals surface area (Å²) in [5, 5.41) is 16.0. The molecule has 0 aliphatic carbocycles. The molecule has 3 amide bonds. The number of aryl methyl sites for hydroxylation is 1. The van der Waals surface area contributed by atoms with Crippen LogP contribution >= 0.6 is 11.8 Å². The molecule has 2 heterocycles. The number of urea groups is 1. The molecule has 2 rings (SSSR count). The van der Waals surface area contributed by atoms with Gasteiger partial charge in [-0.05, 0) is 22.6 Å². The predicted octanol–water partition coefficient (Wildman–Crippen LogP) is -0.0788. The molecule has 106 valence electrons. The fraction of sp³-hybridized carbons (Fsp3) is 0.300. The number of carbonyl (C=O) groups is 2. The first kappa shape index (κ1) is 14.1. The van der Waals surface area contributed by atoms with E-state index in [4.69, 9.17) is 4.42 Å². The highest BCUT2D eigenvalue weighted by Crippen LogP contribution is 2.11. The number of imide groups is 1. The summed E-state index contributed by atoms with van der Waals surface area (Å²) in [5.41, 5.74) is 0. The highest BCUT2D eigenvalue weighted by molar-refractivity contribution is 7.99. The van der Waals surface area contributed by atoms with Gasteiger partial charge in [0.2, 0.25) is 11.1 Å². The van der Waals surface area contributed by atoms with Crippen LogP contribution in [0, 0.1) is 0 Å². The minimum absolute atomic E-state index is 0.0440. The van der Waals surface area contributed by atoms with E-state index in [1.807, 2.05) is 0 Å². The number of furan rings is 1. The van der Waals surface area contributed by atoms with E-state index in [0.29, 0.717) is 10.9 Å². The van der Waals surface area contributed by atoms with Crippen LogP contribution in [0.3, 0.4) is 0 Å². The summed E-state index contributed by atoms with van der Waals surface area (Å²) in [6.45, 7) is 0.215. The van der Waals surface area contributed by atoms with Gasteiger partial charge in [0.05, 0.1) is 18.6 Å². The Kier molecular flexibility index (Phi) is 4.71. The second-order valence-corrected chi connectivity index (χ2v) is 4.63. The Morgan fingerprint density at radius 2 is 2.35 bits per heavy atom. The van der Waals surface area contributed by atoms with Crippen molar-refractivity contribution in [2.24, 2.45) is 7.05 Å². The number of carbonyl (C=O) groups excluding carboxylic acids is 2. The second-order valence-electron chi connectivity index (χ2n) is 3.68. The van der Waals surface area contributed by atoms with Gasteiger partial charge in [0.15, 0.2) is 0 Å². The molecule has 2 aromatic heterocycles. The zero-order valence-electron chi connectivity index (χ0n) is 10.6. The van der Waals surface area contributed by atoms with Crippen molar-refractivity contribution >= 4 is 23.7 Å². The van der Waals surface area contributed by atoms with Gasteiger partial charge >= 0.3 is 6.03 Å². The Hall–Kier alpha value is -2.36. The largest absolute Gasteiger partial charge is 0.467 e. The van der Waals surface area contributed by atoms with Crippen LogP contribution in [0.5, 0.6) is 0 Å². The summed E-state index contributed by atoms with van der Waals surface area (Å²) >= 11 is 1.14. The molecule has 0 aromatic carbocycles. The van der Waals surface area contributed by atoms with Crippen LogP contribution in [-0.2, 0) is 18.4 Å². The third kappa shape index (κ3) is 4.09. The molecule has 0 saturated heterocycles. The quantitative estimate of drug-likeness (QED) is 0.741. The first-order chi connectivity index (χ1) is 9.65. The molecule has 10 heteroatoms. The first-order valence-electron chi connectivity index (χ1n) is 5.60. The van der Waals surface area contributed by atoms with E-state index in [9.17, 15) is 9.59 Å². The number of nitrogens with zero attached hydrogens (tertiary/aromatic N) is 4. The van der Waals surface area contributed by atoms with Crippen molar-refractivity contribution in [2.75, 3.05) is 5.75 Å². The normalized spacial score (nSPS) is 10.2. The van der Waals surface area contributed by atoms with Crippen LogP contribution in [0.4, 0.5) is 4.79 Å². The zero-order chi connectivity index (χ0) is 14.4. The van der Waals surface area contributed by atoms with Crippen molar-refractivity contribution < 1.29 is 14.0 Å². The Balaban J connectivity index is 1.68. The van der Waals surface area contributed by atoms with E-state index in [2.05, 4.69) is 26.2 Å². The number of nitrogens with one attached hydrogen (secondary N) is 2. The molecule has 20 heavy (non-hydrogen) atoms. The summed E-state index contributed by atoms with van der Waals surface area (Å²) in [5.74, 6) is 0.213. The maximum Gasteiger partial charge on any atom is 0.321 e. The lowest BCUT2D eigenvalue weighted by molar-refractivity contribution is -0.117. The Morgan fingerprint density at radius 1 is 1.50 bits per heavy atom. The van der Waals surface area contributed by atoms with Crippen LogP contribution in [0.25, 0.3) is 0 Å². The molecule has 0 bridgehead atoms. The molecule has 0 spiro atoms. The summed E-state index contributed by atoms with van der Waals surface area (Å²) < 4.78 is 6.48. The van der Waals surface area contributed by atoms with Crippen LogP contribution < -0.4 is 10.6 Å². The molecule has 0 fully saturated rings. The molecule has 0 aliphatic rings. The molecule has 0 radical (unpaired) electrons. The zero-order valence-corrected chi connectivity index (χ0v) is 11.4. The molecule has 0 aliphatic heterocycles. The molecular formula is C10H12N6O3S. The smallest absolute Gasteiger partial charge is 0.321 e. The summed E-state index contributed by atoms with van der Waals surface area (Å²) in [6.07, 6.45) is 1.51. The lowest BCUT2D eigenvalue weighted by Gasteiger charge is -2.04. The summed E-state index contributed by atoms with van der Waals surface area (Å²) in [6, 6.07) is 2.85. The Bertz CT molecular complexity index is 582. The van der Waals surface area contributed by atoms with Gasteiger partial charge < -0.3 is 9.73 Å². The molecule has 0 unspecified atom stereocenters. The minimum Gasteiger partial charge on any atom is -0.467 e. The van der Waals surface area contributed by atoms with E-state index >= 15 is 0 Å². The standard InChI is InChI=1S/C10H12N6O3S/c1-16-10(13-14-15-16)20-6-8(17)12-9(18)11-5-7-3-2-4-19-7/h2-4H,5-6H2,1H3,(H2,11,12,17,18). The van der Waals surface area contributed by atoms with Crippen molar-refractivity contribution in [3.8, 4) is 0 Å². The average Bonchev–Trinajstić information content (AvgIpc) is 3.05. The van der Waals surface area contributed by atoms with Crippen LogP contribution in [0.15, 0.2) is 28.0 Å². The van der Waals surface area contributed by atoms with Gasteiger partial charge in [0, 0.05) is 7.05 Å². The van der Waals surface area contributed by atoms with E-state index in [1.54, 1.807) is 19.2 Å². The van der Waals surface area contributed by atoms with Crippen molar-refractivity contribution in [2.45, 2.75) is 11.7 Å². The lowest BCUT2D eigenvalue weighted by Crippen LogP contribution is -2.39. The van der Waals surface area contributed by atoms with E-state index in [1.165, 1.54) is 10.9 Å². The maximum atomic E-state index is 11.5. The number of thioether (sulfide) groups is 1. The van der Waals surface area contributed by atoms with Gasteiger partial charge in [-0.1, -0.05) is 11.8 Å². The highest BCUT2D eigenvalue weighted by Gasteiger charge is 2.10. The number of rotatable bonds is 5. The number of hydrogen-bond acceptors (Lipinski definition) is 7. The molecule has 0 saturated carbocycles. The molecular weight excluding hydrogens is 284 g/mol. The fourth-order valence-corrected chi connectivity index (χ4v) is 1.91. The Morgan fingerprint density at radius 3 is 3.00 bits per heavy atom. The third-order valence-corrected chi connectivity index (χ3v) is 3.18. The number of tetrazole rings is 1. The summed E-state index contributed by atoms with van der Waals surface area (Å²) in [7, 11) is 1.66. The maximum absolute atomic E-state index is 11.5. The third-order valence-electron chi connectivity index (χ3n) is 2.17. The van der Waals surface area contributed by atoms with Crippen LogP contribution in [-0.4, -0.2) is 37.9 Å². The van der Waals surface area contributed by atoms with Crippen molar-refractivity contribution in [3.05, 3.63) is 24.2 Å². The van der Waals surface area contributed by atoms with Gasteiger partial charge in [0.1, 0.15) is 5.76 Å². The van der Waals surface area contributed by atoms with Gasteiger partial charge in [-0.2, -0.15) is 0 Å². The predicted molar refractivity (Wildman–Crippen MR) is 68.6 cm³/mol. The Labute approximate surface area is 118 Å². The number of hydrogen-bond donors (Lipinski definition) is 2. The topological polar surface area (TPSA) is 115 Å². The monoisotopic (exact) mass is 296 g/mol. The minimum atomic E-state index is -0.580. The van der Waals surface area contributed by atoms with Gasteiger partial charge in [0.25, 0.3) is 0 Å². The van der Waals surface area contributed by atoms with Crippen LogP contribution in [0.1, 0.15) is 5.76 Å². The van der Waals surface area contributed by atoms with Gasteiger partial charge in [-0.3, -0.25) is 10.1 Å². The fourth-order valence-electron chi connectivity index (χ4n) is 1.26. The highest BCUT2D eigenvalue weighted by atomic mass is 32.2. The second kappa shape index (κ2) is 6.70. The van der Waals surface area contributed by atoms with Crippen LogP contribution in [0.2, 0.25) is 0 Å². The van der Waals surface area contributed by atoms with Gasteiger partial charge in [-0.15, -0.1) is 5.10 Å². The molecule has 9 nitrogen and oxygen atoms in total. The summed E-state index contributed by atoms with van der Waals surface area (Å²) in [4.78, 5) is 23.0. The van der Waals surface area contributed by atoms with Crippen molar-refractivity contribution in [3.63, 3.8) is 0 Å². The first-order valence-corrected chi connectivity index (χ1v) is 6.59. The van der Waals surface area contributed by atoms with E-state index in [-0.39, 0.29) is 12.3 Å².